The molecular weight excluding hydrogens is 533 g/mol. The zero-order chi connectivity index (χ0) is 28.4. The predicted molar refractivity (Wildman–Crippen MR) is 154 cm³/mol. The van der Waals surface area contributed by atoms with Crippen molar-refractivity contribution in [2.24, 2.45) is 0 Å². The number of benzene rings is 3. The lowest BCUT2D eigenvalue weighted by Gasteiger charge is -2.31. The Balaban J connectivity index is 1.57. The number of rotatable bonds is 8. The fourth-order valence-electron chi connectivity index (χ4n) is 5.24. The number of carbonyl (C=O) groups excluding carboxylic acids is 1. The predicted octanol–water partition coefficient (Wildman–Crippen LogP) is 5.03. The molecule has 2 heterocycles. The molecule has 208 valence electrons. The van der Waals surface area contributed by atoms with Crippen molar-refractivity contribution >= 4 is 45.0 Å². The van der Waals surface area contributed by atoms with E-state index in [2.05, 4.69) is 10.3 Å². The van der Waals surface area contributed by atoms with Gasteiger partial charge in [-0.2, -0.15) is 0 Å². The van der Waals surface area contributed by atoms with E-state index in [9.17, 15) is 13.6 Å². The summed E-state index contributed by atoms with van der Waals surface area (Å²) in [5, 5.41) is 4.79. The first-order valence-corrected chi connectivity index (χ1v) is 14.0. The molecule has 1 amide bonds. The van der Waals surface area contributed by atoms with Gasteiger partial charge in [-0.15, -0.1) is 0 Å². The number of ether oxygens (including phenoxy) is 1. The van der Waals surface area contributed by atoms with Gasteiger partial charge in [0.2, 0.25) is 5.91 Å². The van der Waals surface area contributed by atoms with Gasteiger partial charge >= 0.3 is 0 Å². The van der Waals surface area contributed by atoms with Crippen molar-refractivity contribution < 1.29 is 22.7 Å². The average molecular weight is 564 g/mol. The van der Waals surface area contributed by atoms with Gasteiger partial charge < -0.3 is 31.0 Å². The molecule has 0 spiro atoms. The molecule has 3 atom stereocenters. The maximum atomic E-state index is 15.4. The summed E-state index contributed by atoms with van der Waals surface area (Å²) in [7, 11) is 0. The molecule has 1 aliphatic rings. The zero-order valence-corrected chi connectivity index (χ0v) is 22.7. The molecular formula is C29H30FN5O4S. The van der Waals surface area contributed by atoms with Crippen LogP contribution in [0.2, 0.25) is 0 Å². The van der Waals surface area contributed by atoms with E-state index >= 15 is 4.39 Å². The van der Waals surface area contributed by atoms with Crippen LogP contribution in [0, 0.1) is 5.82 Å². The van der Waals surface area contributed by atoms with Crippen LogP contribution in [0.4, 0.5) is 21.6 Å². The molecule has 1 saturated heterocycles. The van der Waals surface area contributed by atoms with Crippen LogP contribution in [-0.4, -0.2) is 37.7 Å². The van der Waals surface area contributed by atoms with Crippen molar-refractivity contribution in [1.82, 2.24) is 9.88 Å². The van der Waals surface area contributed by atoms with Gasteiger partial charge in [-0.05, 0) is 91.4 Å². The van der Waals surface area contributed by atoms with Crippen LogP contribution < -0.4 is 21.5 Å². The van der Waals surface area contributed by atoms with Crippen molar-refractivity contribution in [1.29, 1.82) is 0 Å². The number of hydrogen-bond donors (Lipinski definition) is 4. The van der Waals surface area contributed by atoms with E-state index in [1.807, 2.05) is 13.0 Å². The molecule has 6 N–H and O–H groups in total. The monoisotopic (exact) mass is 563 g/mol. The van der Waals surface area contributed by atoms with Crippen LogP contribution >= 0.6 is 0 Å². The Hall–Kier alpha value is -4.22. The topological polar surface area (TPSA) is 144 Å². The summed E-state index contributed by atoms with van der Waals surface area (Å²) in [6.07, 6.45) is 2.83. The highest BCUT2D eigenvalue weighted by molar-refractivity contribution is 7.79. The number of pyridine rings is 1. The third-order valence-corrected chi connectivity index (χ3v) is 7.81. The fourth-order valence-corrected chi connectivity index (χ4v) is 5.82. The fraction of sp³-hybridized carbons (Fsp3) is 0.241. The molecule has 1 aliphatic heterocycles. The van der Waals surface area contributed by atoms with Gasteiger partial charge in [-0.3, -0.25) is 4.79 Å². The quantitative estimate of drug-likeness (QED) is 0.173. The van der Waals surface area contributed by atoms with E-state index in [4.69, 9.17) is 16.2 Å². The number of aromatic nitrogens is 1. The van der Waals surface area contributed by atoms with Crippen LogP contribution in [0.25, 0.3) is 10.8 Å². The molecule has 1 fully saturated rings. The molecule has 0 saturated carbocycles. The van der Waals surface area contributed by atoms with Crippen molar-refractivity contribution in [3.8, 4) is 5.75 Å². The summed E-state index contributed by atoms with van der Waals surface area (Å²) < 4.78 is 43.0. The van der Waals surface area contributed by atoms with Crippen molar-refractivity contribution in [3.63, 3.8) is 0 Å². The van der Waals surface area contributed by atoms with Gasteiger partial charge in [0.05, 0.1) is 17.5 Å². The largest absolute Gasteiger partial charge is 0.494 e. The second-order valence-corrected chi connectivity index (χ2v) is 10.5. The number of anilines is 3. The van der Waals surface area contributed by atoms with E-state index in [0.717, 1.165) is 10.8 Å². The van der Waals surface area contributed by atoms with E-state index in [1.165, 1.54) is 24.3 Å². The number of nitrogens with zero attached hydrogens (tertiary/aromatic N) is 2. The summed E-state index contributed by atoms with van der Waals surface area (Å²) >= 11 is -2.28. The molecule has 0 radical (unpaired) electrons. The molecule has 40 heavy (non-hydrogen) atoms. The van der Waals surface area contributed by atoms with Crippen LogP contribution in [0.3, 0.4) is 0 Å². The number of hydrogen-bond acceptors (Lipinski definition) is 7. The highest BCUT2D eigenvalue weighted by Crippen LogP contribution is 2.39. The maximum absolute atomic E-state index is 15.4. The lowest BCUT2D eigenvalue weighted by molar-refractivity contribution is -0.133. The normalized spacial score (nSPS) is 16.6. The van der Waals surface area contributed by atoms with E-state index in [0.29, 0.717) is 54.5 Å². The summed E-state index contributed by atoms with van der Waals surface area (Å²) in [6, 6.07) is 14.5. The minimum absolute atomic E-state index is 0.120. The van der Waals surface area contributed by atoms with Crippen LogP contribution in [0.1, 0.15) is 43.0 Å². The Labute approximate surface area is 233 Å². The zero-order valence-electron chi connectivity index (χ0n) is 21.8. The number of carbonyl (C=O) groups is 1. The lowest BCUT2D eigenvalue weighted by Crippen LogP contribution is -2.38. The SMILES string of the molecule is CCOc1ccc(F)c([C@@H](Nc2ccc3c(N)nccc3c2)C(=O)N2CCC[C@@H]2c2cc(N)ccc2S(=O)O)c1. The maximum Gasteiger partial charge on any atom is 0.250 e. The Morgan fingerprint density at radius 1 is 1.20 bits per heavy atom. The van der Waals surface area contributed by atoms with Gasteiger partial charge in [-0.25, -0.2) is 13.6 Å². The second kappa shape index (κ2) is 11.5. The number of nitrogen functional groups attached to an aromatic ring is 2. The molecule has 9 nitrogen and oxygen atoms in total. The van der Waals surface area contributed by atoms with Gasteiger partial charge in [0.25, 0.3) is 0 Å². The molecule has 1 aromatic heterocycles. The highest BCUT2D eigenvalue weighted by Gasteiger charge is 2.37. The summed E-state index contributed by atoms with van der Waals surface area (Å²) in [4.78, 5) is 20.2. The van der Waals surface area contributed by atoms with Gasteiger partial charge in [0.1, 0.15) is 23.4 Å². The summed E-state index contributed by atoms with van der Waals surface area (Å²) in [5.74, 6) is -0.143. The summed E-state index contributed by atoms with van der Waals surface area (Å²) in [5.41, 5.74) is 13.6. The number of amides is 1. The van der Waals surface area contributed by atoms with E-state index < -0.39 is 29.0 Å². The number of likely N-dealkylation sites (tertiary alicyclic amines) is 1. The number of nitrogens with one attached hydrogen (secondary N) is 1. The van der Waals surface area contributed by atoms with Crippen LogP contribution in [0.15, 0.2) is 71.8 Å². The molecule has 11 heteroatoms. The van der Waals surface area contributed by atoms with E-state index in [1.54, 1.807) is 41.4 Å². The Morgan fingerprint density at radius 3 is 2.80 bits per heavy atom. The van der Waals surface area contributed by atoms with Crippen molar-refractivity contribution in [3.05, 3.63) is 83.8 Å². The molecule has 4 aromatic rings. The van der Waals surface area contributed by atoms with Gasteiger partial charge in [0, 0.05) is 35.1 Å². The van der Waals surface area contributed by atoms with Gasteiger partial charge in [0.15, 0.2) is 11.1 Å². The van der Waals surface area contributed by atoms with Crippen molar-refractivity contribution in [2.75, 3.05) is 29.9 Å². The molecule has 5 rings (SSSR count). The first kappa shape index (κ1) is 27.4. The van der Waals surface area contributed by atoms with E-state index in [-0.39, 0.29) is 16.4 Å². The first-order valence-electron chi connectivity index (χ1n) is 12.9. The summed E-state index contributed by atoms with van der Waals surface area (Å²) in [6.45, 7) is 2.59. The van der Waals surface area contributed by atoms with Crippen LogP contribution in [-0.2, 0) is 15.9 Å². The molecule has 1 unspecified atom stereocenters. The molecule has 0 bridgehead atoms. The number of fused-ring (bicyclic) bond motifs is 1. The number of nitrogens with two attached hydrogens (primary N) is 2. The third kappa shape index (κ3) is 5.43. The Kier molecular flexibility index (Phi) is 7.85. The Bertz CT molecular complexity index is 1600. The minimum atomic E-state index is -2.28. The second-order valence-electron chi connectivity index (χ2n) is 9.56. The standard InChI is InChI=1S/C29H30FN5O4S/c1-2-39-20-7-9-24(30)22(16-20)27(34-19-6-8-21-17(14-19)11-12-33-28(21)32)29(36)35-13-3-4-25(35)23-15-18(31)5-10-26(23)40(37)38/h5-12,14-16,25,27,34H,2-4,13,31H2,1H3,(H2,32,33)(H,37,38)/t25-,27-/m1/s1. The van der Waals surface area contributed by atoms with Crippen LogP contribution in [0.5, 0.6) is 5.75 Å². The van der Waals surface area contributed by atoms with Crippen molar-refractivity contribution in [2.45, 2.75) is 36.7 Å². The number of halogens is 1. The average Bonchev–Trinajstić information content (AvgIpc) is 3.42. The molecule has 3 aromatic carbocycles. The lowest BCUT2D eigenvalue weighted by atomic mass is 10.00. The third-order valence-electron chi connectivity index (χ3n) is 7.06. The first-order chi connectivity index (χ1) is 19.3. The smallest absolute Gasteiger partial charge is 0.250 e. The highest BCUT2D eigenvalue weighted by atomic mass is 32.2. The Morgan fingerprint density at radius 2 is 2.02 bits per heavy atom. The molecule has 0 aliphatic carbocycles. The van der Waals surface area contributed by atoms with Gasteiger partial charge in [-0.1, -0.05) is 0 Å². The minimum Gasteiger partial charge on any atom is -0.494 e.